The number of hydrogen-bond donors (Lipinski definition) is 2. The Morgan fingerprint density at radius 3 is 2.80 bits per heavy atom. The number of nitrogens with zero attached hydrogens (tertiary/aromatic N) is 5. The predicted molar refractivity (Wildman–Crippen MR) is 134 cm³/mol. The maximum absolute atomic E-state index is 12.7. The molecule has 9 nitrogen and oxygen atoms in total. The van der Waals surface area contributed by atoms with Crippen molar-refractivity contribution in [2.75, 3.05) is 11.9 Å². The Bertz CT molecular complexity index is 1340. The lowest BCUT2D eigenvalue weighted by molar-refractivity contribution is -0.750. The molecular formula is C26H26N7O2+. The van der Waals surface area contributed by atoms with Crippen molar-refractivity contribution < 1.29 is 14.2 Å². The zero-order valence-corrected chi connectivity index (χ0v) is 19.4. The summed E-state index contributed by atoms with van der Waals surface area (Å²) in [4.78, 5) is 40.3. The molecule has 5 rings (SSSR count). The molecule has 176 valence electrons. The van der Waals surface area contributed by atoms with Gasteiger partial charge in [-0.15, -0.1) is 4.59 Å². The van der Waals surface area contributed by atoms with E-state index in [1.165, 1.54) is 6.08 Å². The van der Waals surface area contributed by atoms with E-state index in [9.17, 15) is 9.59 Å². The largest absolute Gasteiger partial charge is 0.330 e. The van der Waals surface area contributed by atoms with Gasteiger partial charge in [-0.1, -0.05) is 6.58 Å². The minimum atomic E-state index is -0.256. The first-order chi connectivity index (χ1) is 16.9. The van der Waals surface area contributed by atoms with Gasteiger partial charge in [-0.25, -0.2) is 4.98 Å². The summed E-state index contributed by atoms with van der Waals surface area (Å²) in [6.45, 7) is 6.22. The third kappa shape index (κ3) is 4.01. The smallest absolute Gasteiger partial charge is 0.264 e. The summed E-state index contributed by atoms with van der Waals surface area (Å²) in [6, 6.07) is 10.6. The van der Waals surface area contributed by atoms with Gasteiger partial charge >= 0.3 is 0 Å². The van der Waals surface area contributed by atoms with Crippen molar-refractivity contribution in [2.45, 2.75) is 25.8 Å². The van der Waals surface area contributed by atoms with E-state index in [1.54, 1.807) is 41.8 Å². The number of amides is 2. The summed E-state index contributed by atoms with van der Waals surface area (Å²) >= 11 is 0. The zero-order valence-electron chi connectivity index (χ0n) is 19.4. The maximum atomic E-state index is 12.7. The van der Waals surface area contributed by atoms with Crippen LogP contribution in [-0.4, -0.2) is 50.9 Å². The number of nitrogens with two attached hydrogens (primary N) is 1. The van der Waals surface area contributed by atoms with E-state index in [-0.39, 0.29) is 22.4 Å². The number of carbonyl (C=O) groups is 2. The number of likely N-dealkylation sites (tertiary alicyclic amines) is 1. The maximum Gasteiger partial charge on any atom is 0.264 e. The van der Waals surface area contributed by atoms with Crippen molar-refractivity contribution in [2.24, 2.45) is 15.8 Å². The van der Waals surface area contributed by atoms with Crippen LogP contribution in [0, 0.1) is 6.92 Å². The number of nitrogens with one attached hydrogen (secondary N) is 1. The number of aryl methyl sites for hydroxylation is 1. The van der Waals surface area contributed by atoms with E-state index in [0.717, 1.165) is 35.4 Å². The van der Waals surface area contributed by atoms with E-state index < -0.39 is 0 Å². The summed E-state index contributed by atoms with van der Waals surface area (Å²) in [5.41, 5.74) is 3.72. The number of benzene rings is 1. The van der Waals surface area contributed by atoms with E-state index >= 15 is 0 Å². The Morgan fingerprint density at radius 1 is 1.26 bits per heavy atom. The van der Waals surface area contributed by atoms with Gasteiger partial charge in [0.2, 0.25) is 11.6 Å². The molecule has 0 saturated carbocycles. The molecule has 4 heterocycles. The van der Waals surface area contributed by atoms with Crippen LogP contribution in [0.3, 0.4) is 0 Å². The highest BCUT2D eigenvalue weighted by molar-refractivity contribution is 6.05. The molecule has 1 aromatic heterocycles. The minimum Gasteiger partial charge on any atom is -0.330 e. The highest BCUT2D eigenvalue weighted by atomic mass is 16.2. The normalized spacial score (nSPS) is 22.7. The van der Waals surface area contributed by atoms with Crippen molar-refractivity contribution in [3.8, 4) is 0 Å². The molecule has 35 heavy (non-hydrogen) atoms. The van der Waals surface area contributed by atoms with Crippen LogP contribution in [0.4, 0.5) is 5.82 Å². The minimum absolute atomic E-state index is 0.124. The van der Waals surface area contributed by atoms with E-state index in [0.29, 0.717) is 23.8 Å². The molecule has 1 aromatic carbocycles. The number of aromatic nitrogens is 1. The Hall–Kier alpha value is -4.21. The number of pyridine rings is 1. The van der Waals surface area contributed by atoms with Crippen LogP contribution in [-0.2, 0) is 4.79 Å². The van der Waals surface area contributed by atoms with Crippen molar-refractivity contribution >= 4 is 29.7 Å². The topological polar surface area (TPSA) is 113 Å². The van der Waals surface area contributed by atoms with Gasteiger partial charge < -0.3 is 10.2 Å². The second-order valence-corrected chi connectivity index (χ2v) is 8.70. The van der Waals surface area contributed by atoms with Crippen LogP contribution >= 0.6 is 0 Å². The third-order valence-electron chi connectivity index (χ3n) is 6.41. The Balaban J connectivity index is 1.44. The molecule has 3 aliphatic rings. The third-order valence-corrected chi connectivity index (χ3v) is 6.41. The second kappa shape index (κ2) is 8.86. The SMILES string of the molecule is C=CC(=O)N1CCCC1C1=C2C=NC=C[N+]2(N)C(c2ccc(C(=O)Nc3cc(C)ccn3)cc2)=N1. The van der Waals surface area contributed by atoms with Crippen molar-refractivity contribution in [1.29, 1.82) is 0 Å². The van der Waals surface area contributed by atoms with Crippen LogP contribution in [0.15, 0.2) is 89.0 Å². The highest BCUT2D eigenvalue weighted by Crippen LogP contribution is 2.37. The molecule has 1 saturated heterocycles. The summed E-state index contributed by atoms with van der Waals surface area (Å²) in [6.07, 6.45) is 9.76. The number of quaternary nitrogens is 1. The van der Waals surface area contributed by atoms with Crippen LogP contribution in [0.25, 0.3) is 0 Å². The Kier molecular flexibility index (Phi) is 5.72. The van der Waals surface area contributed by atoms with E-state index in [4.69, 9.17) is 10.8 Å². The monoisotopic (exact) mass is 468 g/mol. The number of anilines is 1. The first kappa shape index (κ1) is 22.6. The predicted octanol–water partition coefficient (Wildman–Crippen LogP) is 3.04. The van der Waals surface area contributed by atoms with Gasteiger partial charge in [0, 0.05) is 18.3 Å². The molecule has 2 aromatic rings. The molecule has 3 N–H and O–H groups in total. The molecule has 0 aliphatic carbocycles. The van der Waals surface area contributed by atoms with Gasteiger partial charge in [0.15, 0.2) is 0 Å². The average molecular weight is 469 g/mol. The lowest BCUT2D eigenvalue weighted by Gasteiger charge is -2.27. The number of amidine groups is 1. The first-order valence-electron chi connectivity index (χ1n) is 11.4. The standard InChI is InChI=1S/C26H25N7O2/c1-3-23(34)32-13-4-5-20(32)24-21-16-28-12-14-33(21,27)25(31-24)18-6-8-19(9-7-18)26(35)30-22-15-17(2)10-11-29-22/h3,6-12,14-16,20H,1,4-5,13,27H2,2H3/p+1. The molecule has 0 radical (unpaired) electrons. The number of rotatable bonds is 5. The second-order valence-electron chi connectivity index (χ2n) is 8.70. The summed E-state index contributed by atoms with van der Waals surface area (Å²) in [5, 5.41) is 2.81. The van der Waals surface area contributed by atoms with Crippen LogP contribution in [0.1, 0.15) is 34.3 Å². The lowest BCUT2D eigenvalue weighted by atomic mass is 10.1. The van der Waals surface area contributed by atoms with E-state index in [1.807, 2.05) is 31.2 Å². The Morgan fingerprint density at radius 2 is 2.06 bits per heavy atom. The van der Waals surface area contributed by atoms with Gasteiger partial charge in [-0.3, -0.25) is 14.6 Å². The van der Waals surface area contributed by atoms with Crippen LogP contribution in [0.5, 0.6) is 0 Å². The van der Waals surface area contributed by atoms with Gasteiger partial charge in [0.05, 0.1) is 24.0 Å². The molecular weight excluding hydrogens is 442 g/mol. The zero-order chi connectivity index (χ0) is 24.6. The summed E-state index contributed by atoms with van der Waals surface area (Å²) in [5.74, 6) is 7.54. The van der Waals surface area contributed by atoms with Gasteiger partial charge in [-0.2, -0.15) is 10.8 Å². The summed E-state index contributed by atoms with van der Waals surface area (Å²) < 4.78 is -0.149. The van der Waals surface area contributed by atoms with Crippen molar-refractivity contribution in [1.82, 2.24) is 9.88 Å². The van der Waals surface area contributed by atoms with Crippen molar-refractivity contribution in [3.05, 3.63) is 95.7 Å². The van der Waals surface area contributed by atoms with Gasteiger partial charge in [0.1, 0.15) is 17.7 Å². The fourth-order valence-electron chi connectivity index (χ4n) is 4.65. The van der Waals surface area contributed by atoms with Crippen LogP contribution < -0.4 is 11.2 Å². The molecule has 2 amide bonds. The molecule has 9 heteroatoms. The number of allylic oxidation sites excluding steroid dienone is 1. The summed E-state index contributed by atoms with van der Waals surface area (Å²) in [7, 11) is 0. The van der Waals surface area contributed by atoms with Gasteiger partial charge in [0.25, 0.3) is 11.7 Å². The molecule has 0 bridgehead atoms. The van der Waals surface area contributed by atoms with Crippen molar-refractivity contribution in [3.63, 3.8) is 0 Å². The molecule has 1 fully saturated rings. The number of hydrogen-bond acceptors (Lipinski definition) is 6. The van der Waals surface area contributed by atoms with E-state index in [2.05, 4.69) is 21.9 Å². The molecule has 2 unspecified atom stereocenters. The molecule has 3 aliphatic heterocycles. The number of fused-ring (bicyclic) bond motifs is 1. The molecule has 0 spiro atoms. The van der Waals surface area contributed by atoms with Gasteiger partial charge in [-0.05, 0) is 67.8 Å². The Labute approximate surface area is 203 Å². The first-order valence-corrected chi connectivity index (χ1v) is 11.4. The fourth-order valence-corrected chi connectivity index (χ4v) is 4.65. The lowest BCUT2D eigenvalue weighted by Crippen LogP contribution is -2.53. The quantitative estimate of drug-likeness (QED) is 0.399. The fraction of sp³-hybridized carbons (Fsp3) is 0.192. The number of aliphatic imine (C=N–C) groups is 2. The highest BCUT2D eigenvalue weighted by Gasteiger charge is 2.47. The average Bonchev–Trinajstić information content (AvgIpc) is 3.46. The molecule has 2 atom stereocenters. The van der Waals surface area contributed by atoms with Crippen LogP contribution in [0.2, 0.25) is 0 Å². The number of carbonyl (C=O) groups excluding carboxylic acids is 2.